The minimum atomic E-state index is -1.19. The van der Waals surface area contributed by atoms with Gasteiger partial charge in [0.05, 0.1) is 29.7 Å². The number of hydrogen-bond donors (Lipinski definition) is 2. The highest BCUT2D eigenvalue weighted by Gasteiger charge is 2.45. The van der Waals surface area contributed by atoms with Gasteiger partial charge in [0, 0.05) is 63.1 Å². The summed E-state index contributed by atoms with van der Waals surface area (Å²) in [4.78, 5) is 58.7. The van der Waals surface area contributed by atoms with Gasteiger partial charge < -0.3 is 19.4 Å². The lowest BCUT2D eigenvalue weighted by Crippen LogP contribution is -2.21. The zero-order valence-corrected chi connectivity index (χ0v) is 36.5. The number of aromatic amines is 2. The number of H-pyrrole nitrogens is 2. The molecule has 0 spiro atoms. The largest absolute Gasteiger partial charge is 0.468 e. The van der Waals surface area contributed by atoms with Crippen LogP contribution in [-0.2, 0) is 19.1 Å². The van der Waals surface area contributed by atoms with Crippen molar-refractivity contribution in [3.05, 3.63) is 116 Å². The van der Waals surface area contributed by atoms with Gasteiger partial charge in [0.2, 0.25) is 0 Å². The normalized spacial score (nSPS) is 19.6. The predicted molar refractivity (Wildman–Crippen MR) is 238 cm³/mol. The molecule has 2 N–H and O–H groups in total. The van der Waals surface area contributed by atoms with E-state index in [0.29, 0.717) is 28.8 Å². The van der Waals surface area contributed by atoms with Gasteiger partial charge in [0.1, 0.15) is 12.5 Å². The number of nitrogens with one attached hydrogen (secondary N) is 2. The molecule has 0 saturated carbocycles. The number of rotatable bonds is 13. The lowest BCUT2D eigenvalue weighted by atomic mass is 9.84. The Balaban J connectivity index is 1.38. The van der Waals surface area contributed by atoms with Gasteiger partial charge in [0.15, 0.2) is 5.78 Å². The maximum Gasteiger partial charge on any atom is 0.321 e. The summed E-state index contributed by atoms with van der Waals surface area (Å²) in [7, 11) is 1.30. The first-order valence-corrected chi connectivity index (χ1v) is 21.0. The number of aryl methyl sites for hydroxylation is 2. The van der Waals surface area contributed by atoms with Crippen molar-refractivity contribution in [3.63, 3.8) is 0 Å². The molecule has 6 rings (SSSR count). The Kier molecular flexibility index (Phi) is 13.2. The minimum Gasteiger partial charge on any atom is -0.468 e. The molecule has 9 nitrogen and oxygen atoms in total. The molecule has 1 aliphatic carbocycles. The molecule has 0 saturated heterocycles. The van der Waals surface area contributed by atoms with Crippen LogP contribution in [-0.4, -0.2) is 51.4 Å². The number of Topliss-reactive ketones (excluding diaryl/α,β-unsaturated/α-hetero) is 1. The monoisotopic (exact) mass is 796 g/mol. The van der Waals surface area contributed by atoms with E-state index < -0.39 is 11.9 Å². The van der Waals surface area contributed by atoms with Gasteiger partial charge in [-0.15, -0.1) is 0 Å². The Morgan fingerprint density at radius 3 is 2.22 bits per heavy atom. The number of aromatic nitrogens is 4. The average Bonchev–Trinajstić information content (AvgIpc) is 3.94. The fraction of sp³-hybridized carbons (Fsp3) is 0.420. The van der Waals surface area contributed by atoms with Crippen LogP contribution in [0.15, 0.2) is 65.8 Å². The number of allylic oxidation sites excluding steroid dienone is 7. The number of methoxy groups -OCH3 is 1. The van der Waals surface area contributed by atoms with Crippen LogP contribution in [0.3, 0.4) is 0 Å². The number of ketones is 1. The zero-order valence-electron chi connectivity index (χ0n) is 36.5. The van der Waals surface area contributed by atoms with E-state index in [2.05, 4.69) is 89.3 Å². The Labute approximate surface area is 348 Å². The molecule has 0 amide bonds. The van der Waals surface area contributed by atoms with Gasteiger partial charge in [-0.25, -0.2) is 0 Å². The first kappa shape index (κ1) is 43.0. The molecule has 3 aromatic heterocycles. The molecule has 59 heavy (non-hydrogen) atoms. The van der Waals surface area contributed by atoms with Crippen molar-refractivity contribution in [3.8, 4) is 0 Å². The van der Waals surface area contributed by atoms with Crippen LogP contribution >= 0.6 is 0 Å². The summed E-state index contributed by atoms with van der Waals surface area (Å²) in [5.41, 5.74) is 14.9. The number of hydrogen-bond acceptors (Lipinski definition) is 7. The summed E-state index contributed by atoms with van der Waals surface area (Å²) in [5.74, 6) is -2.88. The van der Waals surface area contributed by atoms with E-state index in [4.69, 9.17) is 19.4 Å². The van der Waals surface area contributed by atoms with Crippen molar-refractivity contribution in [2.75, 3.05) is 13.7 Å². The quantitative estimate of drug-likeness (QED) is 0.100. The van der Waals surface area contributed by atoms with Gasteiger partial charge in [-0.05, 0) is 122 Å². The minimum absolute atomic E-state index is 0.0352. The van der Waals surface area contributed by atoms with E-state index in [1.807, 2.05) is 38.1 Å². The van der Waals surface area contributed by atoms with E-state index >= 15 is 0 Å². The topological polar surface area (TPSA) is 127 Å². The van der Waals surface area contributed by atoms with Crippen LogP contribution in [0.5, 0.6) is 0 Å². The van der Waals surface area contributed by atoms with Gasteiger partial charge in [-0.1, -0.05) is 61.4 Å². The summed E-state index contributed by atoms with van der Waals surface area (Å²) in [6.45, 7) is 23.0. The third-order valence-corrected chi connectivity index (χ3v) is 12.4. The third-order valence-electron chi connectivity index (χ3n) is 12.4. The maximum atomic E-state index is 14.3. The second kappa shape index (κ2) is 18.1. The van der Waals surface area contributed by atoms with Crippen LogP contribution in [0.2, 0.25) is 0 Å². The summed E-state index contributed by atoms with van der Waals surface area (Å²) < 4.78 is 11.0. The van der Waals surface area contributed by atoms with Crippen molar-refractivity contribution in [1.29, 1.82) is 0 Å². The Hall–Kier alpha value is -5.57. The maximum absolute atomic E-state index is 14.3. The van der Waals surface area contributed by atoms with Crippen LogP contribution in [0, 0.1) is 13.8 Å². The number of ether oxygens (including phenoxy) is 2. The highest BCUT2D eigenvalue weighted by atomic mass is 16.5. The standard InChI is InChI=1S/C50H60N4O5/c1-12-34-30(7)37-24-39-32(9)36(20-21-43(55)59-23-22-29(6)19-15-18-28(5)17-14-16-27(3)4)47(53-39)45-46(50(57)58-11)49(56)44-33(10)40(54-48(44)45)26-42-35(13-2)31(8)38(52-42)25-41(34)51-37/h12-13,16,18,22,24-26,31-32,36,46,51,54H,1,14-15,17,19-21,23H2,2-11H3/b28-18+,29-22+,35-13+,37-24?,38-25?,39-24?,40-26?,41-25?,42-26?,47-45?/t31-,32+,36+,46-/m1/s1. The van der Waals surface area contributed by atoms with E-state index in [0.717, 1.165) is 81.6 Å². The van der Waals surface area contributed by atoms with Crippen molar-refractivity contribution >= 4 is 51.4 Å². The van der Waals surface area contributed by atoms with Crippen molar-refractivity contribution in [2.24, 2.45) is 0 Å². The molecule has 0 unspecified atom stereocenters. The van der Waals surface area contributed by atoms with Gasteiger partial charge >= 0.3 is 11.9 Å². The number of carbonyl (C=O) groups is 3. The molecule has 3 aliphatic rings. The van der Waals surface area contributed by atoms with E-state index in [-0.39, 0.29) is 42.5 Å². The van der Waals surface area contributed by atoms with Crippen molar-refractivity contribution in [1.82, 2.24) is 19.9 Å². The molecular weight excluding hydrogens is 737 g/mol. The lowest BCUT2D eigenvalue weighted by Gasteiger charge is -2.18. The molecular formula is C50H60N4O5. The Bertz CT molecular complexity index is 2480. The van der Waals surface area contributed by atoms with Crippen LogP contribution in [0.4, 0.5) is 0 Å². The fourth-order valence-electron chi connectivity index (χ4n) is 8.80. The van der Waals surface area contributed by atoms with Gasteiger partial charge in [-0.2, -0.15) is 0 Å². The molecule has 9 heteroatoms. The number of carbonyl (C=O) groups excluding carboxylic acids is 3. The second-order valence-electron chi connectivity index (χ2n) is 16.7. The smallest absolute Gasteiger partial charge is 0.321 e. The third kappa shape index (κ3) is 8.75. The number of fused-ring (bicyclic) bond motifs is 8. The summed E-state index contributed by atoms with van der Waals surface area (Å²) in [6, 6.07) is 6.12. The fourth-order valence-corrected chi connectivity index (χ4v) is 8.80. The first-order valence-electron chi connectivity index (χ1n) is 21.0. The van der Waals surface area contributed by atoms with Crippen molar-refractivity contribution in [2.45, 2.75) is 125 Å². The number of esters is 2. The SMILES string of the molecule is C=Cc1c(C)c2cc3nc(c4c5[nH]c(cc6nc(cc1[nH]2)[C@H](C)/C6=C\C)c(C)c5C(=O)[C@@H]4C(=O)OC)[C@@H](CCC(=O)OC/C=C(\C)CC/C=C(\C)CCC=C(C)C)[C@@H]3C. The van der Waals surface area contributed by atoms with Gasteiger partial charge in [-0.3, -0.25) is 24.4 Å². The molecule has 8 bridgehead atoms. The van der Waals surface area contributed by atoms with Crippen LogP contribution < -0.4 is 0 Å². The average molecular weight is 797 g/mol. The van der Waals surface area contributed by atoms with E-state index in [1.165, 1.54) is 23.8 Å². The van der Waals surface area contributed by atoms with Crippen LogP contribution in [0.1, 0.15) is 166 Å². The van der Waals surface area contributed by atoms with Crippen molar-refractivity contribution < 1.29 is 23.9 Å². The molecule has 310 valence electrons. The molecule has 0 aromatic carbocycles. The zero-order chi connectivity index (χ0) is 42.7. The predicted octanol–water partition coefficient (Wildman–Crippen LogP) is 11.9. The highest BCUT2D eigenvalue weighted by Crippen LogP contribution is 2.48. The molecule has 2 aliphatic heterocycles. The summed E-state index contributed by atoms with van der Waals surface area (Å²) in [5, 5.41) is 0. The lowest BCUT2D eigenvalue weighted by molar-refractivity contribution is -0.143. The highest BCUT2D eigenvalue weighted by molar-refractivity contribution is 6.23. The molecule has 0 fully saturated rings. The van der Waals surface area contributed by atoms with E-state index in [1.54, 1.807) is 0 Å². The molecule has 5 heterocycles. The molecule has 0 radical (unpaired) electrons. The van der Waals surface area contributed by atoms with Crippen LogP contribution in [0.25, 0.3) is 33.7 Å². The van der Waals surface area contributed by atoms with Gasteiger partial charge in [0.25, 0.3) is 0 Å². The number of nitrogens with zero attached hydrogens (tertiary/aromatic N) is 2. The van der Waals surface area contributed by atoms with E-state index in [9.17, 15) is 14.4 Å². The Morgan fingerprint density at radius 2 is 1.54 bits per heavy atom. The second-order valence-corrected chi connectivity index (χ2v) is 16.7. The molecule has 3 aromatic rings. The summed E-state index contributed by atoms with van der Waals surface area (Å²) in [6.07, 6.45) is 15.0. The summed E-state index contributed by atoms with van der Waals surface area (Å²) >= 11 is 0. The first-order chi connectivity index (χ1) is 28.2. The Morgan fingerprint density at radius 1 is 0.864 bits per heavy atom. The molecule has 4 atom stereocenters.